The molecule has 2 rings (SSSR count). The van der Waals surface area contributed by atoms with Gasteiger partial charge in [-0.3, -0.25) is 0 Å². The Morgan fingerprint density at radius 2 is 1.79 bits per heavy atom. The van der Waals surface area contributed by atoms with Crippen LogP contribution in [0.25, 0.3) is 0 Å². The summed E-state index contributed by atoms with van der Waals surface area (Å²) in [6.45, 7) is 1.97. The average Bonchev–Trinajstić information content (AvgIpc) is 2.41. The van der Waals surface area contributed by atoms with Gasteiger partial charge in [-0.15, -0.1) is 0 Å². The van der Waals surface area contributed by atoms with E-state index in [9.17, 15) is 4.39 Å². The smallest absolute Gasteiger partial charge is 0.170 e. The van der Waals surface area contributed by atoms with E-state index < -0.39 is 11.9 Å². The Hall–Kier alpha value is -1.39. The fraction of sp³-hybridized carbons (Fsp3) is 0.200. The zero-order valence-corrected chi connectivity index (χ0v) is 12.4. The van der Waals surface area contributed by atoms with Crippen LogP contribution in [0, 0.1) is 12.7 Å². The summed E-state index contributed by atoms with van der Waals surface area (Å²) < 4.78 is 20.1. The molecule has 1 atom stereocenters. The van der Waals surface area contributed by atoms with E-state index in [0.717, 1.165) is 15.6 Å². The number of nitrogens with two attached hydrogens (primary N) is 1. The summed E-state index contributed by atoms with van der Waals surface area (Å²) in [4.78, 5) is 0. The third kappa shape index (κ3) is 2.65. The summed E-state index contributed by atoms with van der Waals surface area (Å²) in [6.07, 6.45) is 0. The van der Waals surface area contributed by atoms with Crippen molar-refractivity contribution in [3.8, 4) is 5.75 Å². The average molecular weight is 324 g/mol. The van der Waals surface area contributed by atoms with Gasteiger partial charge in [-0.05, 0) is 24.1 Å². The molecule has 2 nitrogen and oxygen atoms in total. The molecule has 1 unspecified atom stereocenters. The van der Waals surface area contributed by atoms with Crippen LogP contribution in [0.2, 0.25) is 0 Å². The summed E-state index contributed by atoms with van der Waals surface area (Å²) in [6, 6.07) is 10.2. The van der Waals surface area contributed by atoms with E-state index in [1.807, 2.05) is 25.1 Å². The number of halogens is 2. The minimum Gasteiger partial charge on any atom is -0.494 e. The van der Waals surface area contributed by atoms with Crippen LogP contribution in [0.4, 0.5) is 4.39 Å². The number of ether oxygens (including phenoxy) is 1. The molecule has 0 heterocycles. The predicted molar refractivity (Wildman–Crippen MR) is 77.9 cm³/mol. The van der Waals surface area contributed by atoms with Crippen LogP contribution in [0.5, 0.6) is 5.75 Å². The topological polar surface area (TPSA) is 35.2 Å². The van der Waals surface area contributed by atoms with Crippen LogP contribution in [0.15, 0.2) is 40.9 Å². The molecule has 100 valence electrons. The molecule has 2 aromatic rings. The second-order valence-corrected chi connectivity index (χ2v) is 5.11. The lowest BCUT2D eigenvalue weighted by Gasteiger charge is -2.17. The highest BCUT2D eigenvalue weighted by atomic mass is 79.9. The first-order chi connectivity index (χ1) is 9.06. The number of aryl methyl sites for hydroxylation is 1. The van der Waals surface area contributed by atoms with E-state index in [4.69, 9.17) is 10.5 Å². The van der Waals surface area contributed by atoms with Crippen LogP contribution in [0.3, 0.4) is 0 Å². The molecule has 2 aromatic carbocycles. The molecule has 0 spiro atoms. The van der Waals surface area contributed by atoms with Crippen molar-refractivity contribution >= 4 is 15.9 Å². The number of rotatable bonds is 3. The monoisotopic (exact) mass is 323 g/mol. The molecule has 0 aromatic heterocycles. The SMILES string of the molecule is COc1cccc(C(N)c2cccc(C)c2Br)c1F. The van der Waals surface area contributed by atoms with Gasteiger partial charge in [0, 0.05) is 10.0 Å². The Morgan fingerprint density at radius 1 is 1.16 bits per heavy atom. The molecular formula is C15H15BrFNO. The number of methoxy groups -OCH3 is 1. The molecular weight excluding hydrogens is 309 g/mol. The Morgan fingerprint density at radius 3 is 2.47 bits per heavy atom. The van der Waals surface area contributed by atoms with Gasteiger partial charge in [0.2, 0.25) is 0 Å². The Kier molecular flexibility index (Phi) is 4.22. The standard InChI is InChI=1S/C15H15BrFNO/c1-9-5-3-6-10(13(9)16)15(18)11-7-4-8-12(19-2)14(11)17/h3-8,15H,18H2,1-2H3. The van der Waals surface area contributed by atoms with Crippen molar-refractivity contribution in [1.82, 2.24) is 0 Å². The minimum absolute atomic E-state index is 0.205. The lowest BCUT2D eigenvalue weighted by molar-refractivity contribution is 0.383. The third-order valence-electron chi connectivity index (χ3n) is 3.10. The minimum atomic E-state index is -0.538. The molecule has 19 heavy (non-hydrogen) atoms. The van der Waals surface area contributed by atoms with Crippen LogP contribution in [-0.4, -0.2) is 7.11 Å². The molecule has 2 N–H and O–H groups in total. The van der Waals surface area contributed by atoms with Gasteiger partial charge in [0.1, 0.15) is 0 Å². The summed E-state index contributed by atoms with van der Waals surface area (Å²) in [7, 11) is 1.44. The largest absolute Gasteiger partial charge is 0.494 e. The molecule has 0 fully saturated rings. The van der Waals surface area contributed by atoms with Gasteiger partial charge >= 0.3 is 0 Å². The first-order valence-corrected chi connectivity index (χ1v) is 6.68. The molecule has 0 aliphatic carbocycles. The highest BCUT2D eigenvalue weighted by molar-refractivity contribution is 9.10. The Balaban J connectivity index is 2.50. The van der Waals surface area contributed by atoms with Gasteiger partial charge in [-0.2, -0.15) is 0 Å². The predicted octanol–water partition coefficient (Wildman–Crippen LogP) is 3.95. The van der Waals surface area contributed by atoms with Crippen LogP contribution >= 0.6 is 15.9 Å². The molecule has 0 saturated heterocycles. The fourth-order valence-electron chi connectivity index (χ4n) is 2.00. The Labute approximate surface area is 120 Å². The molecule has 0 radical (unpaired) electrons. The highest BCUT2D eigenvalue weighted by Gasteiger charge is 2.19. The summed E-state index contributed by atoms with van der Waals surface area (Å²) in [5.74, 6) is -0.206. The van der Waals surface area contributed by atoms with Gasteiger partial charge in [0.05, 0.1) is 13.2 Å². The van der Waals surface area contributed by atoms with Crippen molar-refractivity contribution in [3.05, 3.63) is 63.4 Å². The summed E-state index contributed by atoms with van der Waals surface area (Å²) >= 11 is 3.50. The van der Waals surface area contributed by atoms with Crippen molar-refractivity contribution in [2.45, 2.75) is 13.0 Å². The van der Waals surface area contributed by atoms with Crippen molar-refractivity contribution in [1.29, 1.82) is 0 Å². The Bertz CT molecular complexity index is 601. The van der Waals surface area contributed by atoms with Crippen LogP contribution in [-0.2, 0) is 0 Å². The number of benzene rings is 2. The molecule has 0 saturated carbocycles. The second-order valence-electron chi connectivity index (χ2n) is 4.32. The van der Waals surface area contributed by atoms with Crippen LogP contribution in [0.1, 0.15) is 22.7 Å². The molecule has 0 aliphatic heterocycles. The van der Waals surface area contributed by atoms with E-state index in [1.165, 1.54) is 7.11 Å². The third-order valence-corrected chi connectivity index (χ3v) is 4.19. The number of hydrogen-bond acceptors (Lipinski definition) is 2. The van der Waals surface area contributed by atoms with Gasteiger partial charge < -0.3 is 10.5 Å². The van der Waals surface area contributed by atoms with Gasteiger partial charge in [0.15, 0.2) is 11.6 Å². The maximum atomic E-state index is 14.2. The normalized spacial score (nSPS) is 12.3. The first kappa shape index (κ1) is 14.0. The van der Waals surface area contributed by atoms with E-state index in [-0.39, 0.29) is 5.75 Å². The maximum Gasteiger partial charge on any atom is 0.170 e. The van der Waals surface area contributed by atoms with Gasteiger partial charge in [-0.25, -0.2) is 4.39 Å². The van der Waals surface area contributed by atoms with Gasteiger partial charge in [-0.1, -0.05) is 46.3 Å². The lowest BCUT2D eigenvalue weighted by atomic mass is 9.97. The molecule has 0 aliphatic rings. The van der Waals surface area contributed by atoms with Crippen molar-refractivity contribution in [2.24, 2.45) is 5.73 Å². The quantitative estimate of drug-likeness (QED) is 0.928. The fourth-order valence-corrected chi connectivity index (χ4v) is 2.51. The summed E-state index contributed by atoms with van der Waals surface area (Å²) in [5.41, 5.74) is 8.53. The highest BCUT2D eigenvalue weighted by Crippen LogP contribution is 2.32. The van der Waals surface area contributed by atoms with Crippen molar-refractivity contribution in [2.75, 3.05) is 7.11 Å². The zero-order chi connectivity index (χ0) is 14.0. The van der Waals surface area contributed by atoms with Crippen molar-refractivity contribution < 1.29 is 9.13 Å². The summed E-state index contributed by atoms with van der Waals surface area (Å²) in [5, 5.41) is 0. The van der Waals surface area contributed by atoms with Crippen molar-refractivity contribution in [3.63, 3.8) is 0 Å². The van der Waals surface area contributed by atoms with E-state index in [0.29, 0.717) is 5.56 Å². The molecule has 0 bridgehead atoms. The molecule has 4 heteroatoms. The van der Waals surface area contributed by atoms with E-state index in [2.05, 4.69) is 15.9 Å². The second kappa shape index (κ2) is 5.72. The van der Waals surface area contributed by atoms with Gasteiger partial charge in [0.25, 0.3) is 0 Å². The first-order valence-electron chi connectivity index (χ1n) is 5.89. The zero-order valence-electron chi connectivity index (χ0n) is 10.8. The van der Waals surface area contributed by atoms with E-state index in [1.54, 1.807) is 18.2 Å². The van der Waals surface area contributed by atoms with E-state index >= 15 is 0 Å². The maximum absolute atomic E-state index is 14.2. The number of hydrogen-bond donors (Lipinski definition) is 1. The van der Waals surface area contributed by atoms with Crippen LogP contribution < -0.4 is 10.5 Å². The molecule has 0 amide bonds. The lowest BCUT2D eigenvalue weighted by Crippen LogP contribution is -2.15.